The van der Waals surface area contributed by atoms with E-state index < -0.39 is 0 Å². The van der Waals surface area contributed by atoms with Gasteiger partial charge >= 0.3 is 0 Å². The predicted molar refractivity (Wildman–Crippen MR) is 86.2 cm³/mol. The summed E-state index contributed by atoms with van der Waals surface area (Å²) in [5.74, 6) is 0.176. The van der Waals surface area contributed by atoms with Crippen LogP contribution in [0.15, 0.2) is 24.3 Å². The van der Waals surface area contributed by atoms with Crippen molar-refractivity contribution >= 4 is 5.91 Å². The molecule has 1 saturated heterocycles. The number of hydrogen-bond acceptors (Lipinski definition) is 3. The van der Waals surface area contributed by atoms with Crippen LogP contribution in [0.3, 0.4) is 0 Å². The van der Waals surface area contributed by atoms with Crippen molar-refractivity contribution in [2.45, 2.75) is 38.6 Å². The number of hydrogen-bond donors (Lipinski definition) is 2. The van der Waals surface area contributed by atoms with Gasteiger partial charge in [0.1, 0.15) is 0 Å². The van der Waals surface area contributed by atoms with Gasteiger partial charge < -0.3 is 16.0 Å². The fourth-order valence-electron chi connectivity index (χ4n) is 2.92. The summed E-state index contributed by atoms with van der Waals surface area (Å²) in [6.07, 6.45) is 3.48. The molecule has 21 heavy (non-hydrogen) atoms. The topological polar surface area (TPSA) is 58.4 Å². The maximum atomic E-state index is 12.1. The van der Waals surface area contributed by atoms with Crippen molar-refractivity contribution < 1.29 is 4.79 Å². The molecule has 1 aromatic rings. The van der Waals surface area contributed by atoms with Crippen LogP contribution < -0.4 is 11.1 Å². The monoisotopic (exact) mass is 289 g/mol. The van der Waals surface area contributed by atoms with Gasteiger partial charge in [0, 0.05) is 38.6 Å². The van der Waals surface area contributed by atoms with E-state index in [4.69, 9.17) is 5.73 Å². The van der Waals surface area contributed by atoms with Crippen LogP contribution in [-0.4, -0.2) is 43.0 Å². The molecule has 0 aromatic heterocycles. The molecule has 4 nitrogen and oxygen atoms in total. The molecule has 0 unspecified atom stereocenters. The molecular formula is C17H27N3O. The van der Waals surface area contributed by atoms with Crippen molar-refractivity contribution in [3.8, 4) is 0 Å². The predicted octanol–water partition coefficient (Wildman–Crippen LogP) is 1.47. The van der Waals surface area contributed by atoms with Crippen molar-refractivity contribution in [1.82, 2.24) is 10.2 Å². The molecule has 116 valence electrons. The van der Waals surface area contributed by atoms with Crippen LogP contribution in [0.2, 0.25) is 0 Å². The summed E-state index contributed by atoms with van der Waals surface area (Å²) < 4.78 is 0. The molecule has 1 aromatic carbocycles. The van der Waals surface area contributed by atoms with Crippen LogP contribution in [0, 0.1) is 6.92 Å². The SMILES string of the molecule is Cc1ccccc1CCC(=O)NC1CCN(CCN)CC1. The van der Waals surface area contributed by atoms with E-state index in [1.807, 2.05) is 12.1 Å². The summed E-state index contributed by atoms with van der Waals surface area (Å²) in [5, 5.41) is 3.17. The zero-order valence-corrected chi connectivity index (χ0v) is 13.0. The minimum Gasteiger partial charge on any atom is -0.353 e. The summed E-state index contributed by atoms with van der Waals surface area (Å²) in [4.78, 5) is 14.4. The van der Waals surface area contributed by atoms with E-state index in [0.717, 1.165) is 38.9 Å². The molecule has 2 rings (SSSR count). The van der Waals surface area contributed by atoms with E-state index in [-0.39, 0.29) is 5.91 Å². The summed E-state index contributed by atoms with van der Waals surface area (Å²) in [7, 11) is 0. The molecule has 1 amide bonds. The Bertz CT molecular complexity index is 453. The smallest absolute Gasteiger partial charge is 0.220 e. The second-order valence-corrected chi connectivity index (χ2v) is 5.90. The van der Waals surface area contributed by atoms with Crippen molar-refractivity contribution in [1.29, 1.82) is 0 Å². The highest BCUT2D eigenvalue weighted by molar-refractivity contribution is 5.76. The molecule has 0 atom stereocenters. The molecule has 1 aliphatic rings. The number of nitrogens with two attached hydrogens (primary N) is 1. The summed E-state index contributed by atoms with van der Waals surface area (Å²) in [6.45, 7) is 5.86. The fraction of sp³-hybridized carbons (Fsp3) is 0.588. The number of amides is 1. The standard InChI is InChI=1S/C17H27N3O/c1-14-4-2-3-5-15(14)6-7-17(21)19-16-8-11-20(12-9-16)13-10-18/h2-5,16H,6-13,18H2,1H3,(H,19,21). The third kappa shape index (κ3) is 5.14. The van der Waals surface area contributed by atoms with Gasteiger partial charge in [-0.05, 0) is 37.3 Å². The molecule has 1 aliphatic heterocycles. The molecule has 0 bridgehead atoms. The van der Waals surface area contributed by atoms with Crippen molar-refractivity contribution in [2.24, 2.45) is 5.73 Å². The molecule has 0 radical (unpaired) electrons. The second kappa shape index (κ2) is 8.15. The molecular weight excluding hydrogens is 262 g/mol. The Hall–Kier alpha value is -1.39. The van der Waals surface area contributed by atoms with E-state index >= 15 is 0 Å². The molecule has 1 heterocycles. The van der Waals surface area contributed by atoms with Crippen LogP contribution in [0.4, 0.5) is 0 Å². The highest BCUT2D eigenvalue weighted by Gasteiger charge is 2.19. The number of piperidine rings is 1. The third-order valence-electron chi connectivity index (χ3n) is 4.28. The molecule has 0 saturated carbocycles. The van der Waals surface area contributed by atoms with Gasteiger partial charge in [-0.15, -0.1) is 0 Å². The van der Waals surface area contributed by atoms with Gasteiger partial charge in [0.2, 0.25) is 5.91 Å². The third-order valence-corrected chi connectivity index (χ3v) is 4.28. The largest absolute Gasteiger partial charge is 0.353 e. The molecule has 0 spiro atoms. The Morgan fingerprint density at radius 3 is 2.71 bits per heavy atom. The van der Waals surface area contributed by atoms with Gasteiger partial charge in [-0.1, -0.05) is 24.3 Å². The van der Waals surface area contributed by atoms with Gasteiger partial charge in [0.15, 0.2) is 0 Å². The van der Waals surface area contributed by atoms with Crippen molar-refractivity contribution in [2.75, 3.05) is 26.2 Å². The highest BCUT2D eigenvalue weighted by atomic mass is 16.1. The number of aryl methyl sites for hydroxylation is 2. The lowest BCUT2D eigenvalue weighted by Crippen LogP contribution is -2.45. The Balaban J connectivity index is 1.70. The fourth-order valence-corrected chi connectivity index (χ4v) is 2.92. The first-order chi connectivity index (χ1) is 10.2. The number of benzene rings is 1. The Labute approximate surface area is 127 Å². The second-order valence-electron chi connectivity index (χ2n) is 5.90. The summed E-state index contributed by atoms with van der Waals surface area (Å²) >= 11 is 0. The van der Waals surface area contributed by atoms with E-state index in [9.17, 15) is 4.79 Å². The van der Waals surface area contributed by atoms with Gasteiger partial charge in [-0.2, -0.15) is 0 Å². The lowest BCUT2D eigenvalue weighted by molar-refractivity contribution is -0.122. The zero-order valence-electron chi connectivity index (χ0n) is 13.0. The maximum absolute atomic E-state index is 12.1. The zero-order chi connectivity index (χ0) is 15.1. The Morgan fingerprint density at radius 1 is 1.33 bits per heavy atom. The van der Waals surface area contributed by atoms with Gasteiger partial charge in [0.05, 0.1) is 0 Å². The van der Waals surface area contributed by atoms with Gasteiger partial charge in [0.25, 0.3) is 0 Å². The summed E-state index contributed by atoms with van der Waals surface area (Å²) in [6, 6.07) is 8.61. The average molecular weight is 289 g/mol. The average Bonchev–Trinajstić information content (AvgIpc) is 2.49. The minimum atomic E-state index is 0.176. The lowest BCUT2D eigenvalue weighted by Gasteiger charge is -2.32. The van der Waals surface area contributed by atoms with Gasteiger partial charge in [-0.25, -0.2) is 0 Å². The van der Waals surface area contributed by atoms with Gasteiger partial charge in [-0.3, -0.25) is 4.79 Å². The molecule has 4 heteroatoms. The first kappa shape index (κ1) is 16.0. The number of carbonyl (C=O) groups excluding carboxylic acids is 1. The number of nitrogens with one attached hydrogen (secondary N) is 1. The van der Waals surface area contributed by atoms with Crippen LogP contribution >= 0.6 is 0 Å². The van der Waals surface area contributed by atoms with Crippen molar-refractivity contribution in [3.05, 3.63) is 35.4 Å². The molecule has 1 fully saturated rings. The molecule has 3 N–H and O–H groups in total. The molecule has 0 aliphatic carbocycles. The first-order valence-corrected chi connectivity index (χ1v) is 7.95. The van der Waals surface area contributed by atoms with E-state index in [1.165, 1.54) is 11.1 Å². The van der Waals surface area contributed by atoms with E-state index in [0.29, 0.717) is 19.0 Å². The van der Waals surface area contributed by atoms with Crippen LogP contribution in [-0.2, 0) is 11.2 Å². The number of carbonyl (C=O) groups is 1. The quantitative estimate of drug-likeness (QED) is 0.834. The Kier molecular flexibility index (Phi) is 6.21. The van der Waals surface area contributed by atoms with Crippen LogP contribution in [0.25, 0.3) is 0 Å². The van der Waals surface area contributed by atoms with E-state index in [2.05, 4.69) is 29.3 Å². The van der Waals surface area contributed by atoms with Crippen molar-refractivity contribution in [3.63, 3.8) is 0 Å². The highest BCUT2D eigenvalue weighted by Crippen LogP contribution is 2.12. The van der Waals surface area contributed by atoms with Crippen LogP contribution in [0.1, 0.15) is 30.4 Å². The summed E-state index contributed by atoms with van der Waals surface area (Å²) in [5.41, 5.74) is 8.10. The van der Waals surface area contributed by atoms with Crippen LogP contribution in [0.5, 0.6) is 0 Å². The normalized spacial score (nSPS) is 16.9. The first-order valence-electron chi connectivity index (χ1n) is 7.95. The number of nitrogens with zero attached hydrogens (tertiary/aromatic N) is 1. The number of rotatable bonds is 6. The Morgan fingerprint density at radius 2 is 2.05 bits per heavy atom. The number of likely N-dealkylation sites (tertiary alicyclic amines) is 1. The minimum absolute atomic E-state index is 0.176. The lowest BCUT2D eigenvalue weighted by atomic mass is 10.0. The maximum Gasteiger partial charge on any atom is 0.220 e. The van der Waals surface area contributed by atoms with E-state index in [1.54, 1.807) is 0 Å².